The largest absolute Gasteiger partial charge is 0.351 e. The Labute approximate surface area is 93.6 Å². The second-order valence-corrected chi connectivity index (χ2v) is 3.69. The first-order valence-corrected chi connectivity index (χ1v) is 5.15. The molecular weight excluding hydrogens is 210 g/mol. The van der Waals surface area contributed by atoms with Gasteiger partial charge < -0.3 is 4.90 Å². The Morgan fingerprint density at radius 1 is 1.47 bits per heavy atom. The first-order valence-electron chi connectivity index (χ1n) is 4.77. The third kappa shape index (κ3) is 1.95. The minimum absolute atomic E-state index is 0.454. The van der Waals surface area contributed by atoms with Crippen LogP contribution in [0.5, 0.6) is 0 Å². The molecule has 4 heteroatoms. The average Bonchev–Trinajstić information content (AvgIpc) is 2.30. The van der Waals surface area contributed by atoms with Crippen LogP contribution in [-0.2, 0) is 0 Å². The molecule has 0 spiro atoms. The molecular formula is C11H10ClN3. The van der Waals surface area contributed by atoms with Crippen molar-refractivity contribution < 1.29 is 0 Å². The Hall–Kier alpha value is -1.53. The maximum atomic E-state index is 8.85. The van der Waals surface area contributed by atoms with Gasteiger partial charge in [0.05, 0.1) is 5.56 Å². The fourth-order valence-electron chi connectivity index (χ4n) is 1.57. The van der Waals surface area contributed by atoms with E-state index in [9.17, 15) is 0 Å². The van der Waals surface area contributed by atoms with Gasteiger partial charge in [-0.25, -0.2) is 4.98 Å². The maximum absolute atomic E-state index is 8.85. The van der Waals surface area contributed by atoms with E-state index in [0.29, 0.717) is 16.4 Å². The average molecular weight is 220 g/mol. The topological polar surface area (TPSA) is 39.9 Å². The van der Waals surface area contributed by atoms with E-state index in [1.165, 1.54) is 0 Å². The van der Waals surface area contributed by atoms with Crippen LogP contribution in [0, 0.1) is 11.3 Å². The highest BCUT2D eigenvalue weighted by Gasteiger charge is 2.14. The summed E-state index contributed by atoms with van der Waals surface area (Å²) in [6.07, 6.45) is 6.84. The first kappa shape index (κ1) is 10.0. The molecule has 76 valence electrons. The zero-order chi connectivity index (χ0) is 10.7. The summed E-state index contributed by atoms with van der Waals surface area (Å²) in [4.78, 5) is 6.29. The lowest BCUT2D eigenvalue weighted by atomic mass is 10.2. The van der Waals surface area contributed by atoms with Crippen molar-refractivity contribution in [2.75, 3.05) is 18.0 Å². The molecule has 15 heavy (non-hydrogen) atoms. The molecule has 0 aromatic carbocycles. The maximum Gasteiger partial charge on any atom is 0.148 e. The Kier molecular flexibility index (Phi) is 2.89. The molecule has 1 aliphatic heterocycles. The third-order valence-corrected chi connectivity index (χ3v) is 2.72. The molecule has 0 radical (unpaired) electrons. The molecule has 1 aromatic heterocycles. The van der Waals surface area contributed by atoms with Crippen molar-refractivity contribution in [2.45, 2.75) is 6.42 Å². The van der Waals surface area contributed by atoms with Crippen molar-refractivity contribution in [2.24, 2.45) is 0 Å². The van der Waals surface area contributed by atoms with E-state index >= 15 is 0 Å². The van der Waals surface area contributed by atoms with E-state index in [4.69, 9.17) is 16.9 Å². The Bertz CT molecular complexity index is 434. The number of anilines is 1. The lowest BCUT2D eigenvalue weighted by Crippen LogP contribution is -2.28. The molecule has 2 heterocycles. The molecule has 3 nitrogen and oxygen atoms in total. The van der Waals surface area contributed by atoms with E-state index in [0.717, 1.165) is 19.5 Å². The van der Waals surface area contributed by atoms with E-state index in [-0.39, 0.29) is 0 Å². The number of hydrogen-bond donors (Lipinski definition) is 0. The van der Waals surface area contributed by atoms with Crippen molar-refractivity contribution in [1.82, 2.24) is 4.98 Å². The summed E-state index contributed by atoms with van der Waals surface area (Å²) in [6.45, 7) is 1.71. The predicted molar refractivity (Wildman–Crippen MR) is 59.9 cm³/mol. The lowest BCUT2D eigenvalue weighted by Gasteiger charge is -2.25. The summed E-state index contributed by atoms with van der Waals surface area (Å²) < 4.78 is 0. The monoisotopic (exact) mass is 219 g/mol. The van der Waals surface area contributed by atoms with Gasteiger partial charge in [-0.05, 0) is 12.5 Å². The number of pyridine rings is 1. The van der Waals surface area contributed by atoms with Crippen molar-refractivity contribution in [3.63, 3.8) is 0 Å². The van der Waals surface area contributed by atoms with Crippen LogP contribution in [0.4, 0.5) is 5.82 Å². The van der Waals surface area contributed by atoms with Crippen LogP contribution >= 0.6 is 11.6 Å². The quantitative estimate of drug-likeness (QED) is 0.681. The summed E-state index contributed by atoms with van der Waals surface area (Å²) in [7, 11) is 0. The highest BCUT2D eigenvalue weighted by Crippen LogP contribution is 2.27. The van der Waals surface area contributed by atoms with Gasteiger partial charge in [0, 0.05) is 19.3 Å². The van der Waals surface area contributed by atoms with E-state index in [2.05, 4.69) is 28.1 Å². The zero-order valence-corrected chi connectivity index (χ0v) is 8.91. The van der Waals surface area contributed by atoms with Crippen LogP contribution in [0.1, 0.15) is 12.0 Å². The normalized spacial score (nSPS) is 15.1. The van der Waals surface area contributed by atoms with Crippen molar-refractivity contribution >= 4 is 17.4 Å². The molecule has 1 aromatic rings. The third-order valence-electron chi connectivity index (χ3n) is 2.35. The van der Waals surface area contributed by atoms with Gasteiger partial charge in [0.25, 0.3) is 0 Å². The number of nitrogens with zero attached hydrogens (tertiary/aromatic N) is 3. The van der Waals surface area contributed by atoms with Crippen LogP contribution in [0.15, 0.2) is 24.4 Å². The van der Waals surface area contributed by atoms with E-state index in [1.807, 2.05) is 0 Å². The number of halogens is 1. The lowest BCUT2D eigenvalue weighted by molar-refractivity contribution is 0.805. The van der Waals surface area contributed by atoms with Gasteiger partial charge in [-0.2, -0.15) is 5.26 Å². The second kappa shape index (κ2) is 4.33. The van der Waals surface area contributed by atoms with Crippen molar-refractivity contribution in [3.8, 4) is 6.07 Å². The summed E-state index contributed by atoms with van der Waals surface area (Å²) in [5.41, 5.74) is 0.483. The smallest absolute Gasteiger partial charge is 0.148 e. The molecule has 0 saturated carbocycles. The Balaban J connectivity index is 2.36. The first-order chi connectivity index (χ1) is 7.33. The molecule has 0 fully saturated rings. The van der Waals surface area contributed by atoms with Crippen LogP contribution in [0.25, 0.3) is 0 Å². The second-order valence-electron chi connectivity index (χ2n) is 3.31. The number of nitriles is 1. The number of rotatable bonds is 1. The molecule has 0 atom stereocenters. The predicted octanol–water partition coefficient (Wildman–Crippen LogP) is 2.37. The molecule has 0 amide bonds. The van der Waals surface area contributed by atoms with Gasteiger partial charge in [-0.3, -0.25) is 0 Å². The fraction of sp³-hybridized carbons (Fsp3) is 0.273. The summed E-state index contributed by atoms with van der Waals surface area (Å²) in [5, 5.41) is 9.30. The van der Waals surface area contributed by atoms with Crippen LogP contribution in [-0.4, -0.2) is 18.1 Å². The van der Waals surface area contributed by atoms with Gasteiger partial charge in [0.15, 0.2) is 0 Å². The van der Waals surface area contributed by atoms with Gasteiger partial charge in [0.1, 0.15) is 16.9 Å². The highest BCUT2D eigenvalue weighted by molar-refractivity contribution is 6.34. The standard InChI is InChI=1S/C11H10ClN3/c12-10-9(8-13)4-5-14-11(10)15-6-2-1-3-7-15/h1-2,4-5H,3,6-7H2. The molecule has 1 aliphatic rings. The van der Waals surface area contributed by atoms with Gasteiger partial charge in [0.2, 0.25) is 0 Å². The SMILES string of the molecule is N#Cc1ccnc(N2CC=CCC2)c1Cl. The zero-order valence-electron chi connectivity index (χ0n) is 8.15. The molecule has 0 aliphatic carbocycles. The van der Waals surface area contributed by atoms with Gasteiger partial charge in [-0.15, -0.1) is 0 Å². The highest BCUT2D eigenvalue weighted by atomic mass is 35.5. The molecule has 0 N–H and O–H groups in total. The van der Waals surface area contributed by atoms with Crippen molar-refractivity contribution in [3.05, 3.63) is 35.0 Å². The minimum Gasteiger partial charge on any atom is -0.351 e. The molecule has 0 unspecified atom stereocenters. The van der Waals surface area contributed by atoms with E-state index < -0.39 is 0 Å². The number of aromatic nitrogens is 1. The van der Waals surface area contributed by atoms with Gasteiger partial charge in [-0.1, -0.05) is 23.8 Å². The fourth-order valence-corrected chi connectivity index (χ4v) is 1.85. The minimum atomic E-state index is 0.454. The van der Waals surface area contributed by atoms with E-state index in [1.54, 1.807) is 12.3 Å². The molecule has 0 saturated heterocycles. The van der Waals surface area contributed by atoms with Crippen LogP contribution < -0.4 is 4.90 Å². The van der Waals surface area contributed by atoms with Crippen LogP contribution in [0.3, 0.4) is 0 Å². The summed E-state index contributed by atoms with van der Waals surface area (Å²) in [6, 6.07) is 3.69. The number of hydrogen-bond acceptors (Lipinski definition) is 3. The van der Waals surface area contributed by atoms with Crippen molar-refractivity contribution in [1.29, 1.82) is 5.26 Å². The Morgan fingerprint density at radius 2 is 2.33 bits per heavy atom. The molecule has 2 rings (SSSR count). The molecule has 0 bridgehead atoms. The Morgan fingerprint density at radius 3 is 3.00 bits per heavy atom. The summed E-state index contributed by atoms with van der Waals surface area (Å²) in [5.74, 6) is 0.708. The van der Waals surface area contributed by atoms with Gasteiger partial charge >= 0.3 is 0 Å². The summed E-state index contributed by atoms with van der Waals surface area (Å²) >= 11 is 6.09. The van der Waals surface area contributed by atoms with Crippen LogP contribution in [0.2, 0.25) is 5.02 Å².